The minimum Gasteiger partial charge on any atom is -0.0951 e. The van der Waals surface area contributed by atoms with Crippen LogP contribution in [-0.2, 0) is 0 Å². The van der Waals surface area contributed by atoms with Crippen LogP contribution >= 0.6 is 0 Å². The summed E-state index contributed by atoms with van der Waals surface area (Å²) in [7, 11) is 0. The molecule has 1 aromatic rings. The Hall–Kier alpha value is -1.48. The van der Waals surface area contributed by atoms with Crippen molar-refractivity contribution in [2.24, 2.45) is 17.8 Å². The van der Waals surface area contributed by atoms with Gasteiger partial charge in [-0.3, -0.25) is 0 Å². The molecular formula is C28H40. The second-order valence-corrected chi connectivity index (χ2v) is 9.38. The Balaban J connectivity index is 1.35. The molecule has 0 aliphatic heterocycles. The molecule has 3 rings (SSSR count). The van der Waals surface area contributed by atoms with E-state index in [1.54, 1.807) is 0 Å². The van der Waals surface area contributed by atoms with Crippen LogP contribution in [0.5, 0.6) is 0 Å². The second-order valence-electron chi connectivity index (χ2n) is 9.38. The molecule has 0 amide bonds. The number of rotatable bonds is 6. The molecule has 0 N–H and O–H groups in total. The zero-order valence-electron chi connectivity index (χ0n) is 18.3. The van der Waals surface area contributed by atoms with Gasteiger partial charge in [-0.2, -0.15) is 0 Å². The van der Waals surface area contributed by atoms with E-state index in [1.165, 1.54) is 88.2 Å². The number of unbranched alkanes of at least 4 members (excludes halogenated alkanes) is 2. The fourth-order valence-corrected chi connectivity index (χ4v) is 5.11. The van der Waals surface area contributed by atoms with Gasteiger partial charge in [0.05, 0.1) is 0 Å². The fourth-order valence-electron chi connectivity index (χ4n) is 5.11. The maximum atomic E-state index is 3.55. The van der Waals surface area contributed by atoms with Gasteiger partial charge in [0.1, 0.15) is 0 Å². The van der Waals surface area contributed by atoms with Crippen LogP contribution in [0.2, 0.25) is 0 Å². The van der Waals surface area contributed by atoms with E-state index in [0.717, 1.165) is 17.8 Å². The molecule has 0 aromatic heterocycles. The van der Waals surface area contributed by atoms with Gasteiger partial charge in [-0.15, -0.1) is 0 Å². The smallest absolute Gasteiger partial charge is 0.0206 e. The van der Waals surface area contributed by atoms with Crippen molar-refractivity contribution in [3.05, 3.63) is 47.5 Å². The van der Waals surface area contributed by atoms with Gasteiger partial charge in [0.15, 0.2) is 0 Å². The van der Waals surface area contributed by atoms with Crippen molar-refractivity contribution in [2.45, 2.75) is 96.8 Å². The Labute approximate surface area is 174 Å². The second kappa shape index (κ2) is 11.5. The highest BCUT2D eigenvalue weighted by Crippen LogP contribution is 2.35. The highest BCUT2D eigenvalue weighted by Gasteiger charge is 2.21. The van der Waals surface area contributed by atoms with Crippen LogP contribution < -0.4 is 0 Å². The largest absolute Gasteiger partial charge is 0.0951 e. The molecule has 2 fully saturated rings. The standard InChI is InChI=1S/C28H40/c1-3-4-5-8-24-13-15-25(16-14-24)9-6-7-10-26-17-21-28(22-18-26)27-19-11-23(2)12-20-27/h6,9,11-12,19-20,24-26,28H,3-5,8,13-18,21-22H2,1-2H3/b9-6+. The lowest BCUT2D eigenvalue weighted by Crippen LogP contribution is -2.13. The molecule has 0 atom stereocenters. The molecule has 0 spiro atoms. The lowest BCUT2D eigenvalue weighted by molar-refractivity contribution is 0.289. The molecule has 0 heteroatoms. The van der Waals surface area contributed by atoms with Crippen molar-refractivity contribution in [3.8, 4) is 11.8 Å². The van der Waals surface area contributed by atoms with Crippen molar-refractivity contribution in [1.82, 2.24) is 0 Å². The van der Waals surface area contributed by atoms with E-state index in [1.807, 2.05) is 0 Å². The third-order valence-corrected chi connectivity index (χ3v) is 7.12. The normalized spacial score (nSPS) is 28.1. The van der Waals surface area contributed by atoms with Gasteiger partial charge in [0, 0.05) is 5.92 Å². The zero-order valence-corrected chi connectivity index (χ0v) is 18.3. The predicted octanol–water partition coefficient (Wildman–Crippen LogP) is 8.22. The molecule has 2 aliphatic rings. The number of allylic oxidation sites excluding steroid dienone is 2. The molecule has 2 aliphatic carbocycles. The highest BCUT2D eigenvalue weighted by molar-refractivity contribution is 5.25. The summed E-state index contributed by atoms with van der Waals surface area (Å²) in [5.74, 6) is 10.1. The van der Waals surface area contributed by atoms with Crippen molar-refractivity contribution in [1.29, 1.82) is 0 Å². The zero-order chi connectivity index (χ0) is 19.6. The summed E-state index contributed by atoms with van der Waals surface area (Å²) in [6, 6.07) is 9.16. The summed E-state index contributed by atoms with van der Waals surface area (Å²) in [6.45, 7) is 4.47. The van der Waals surface area contributed by atoms with Crippen molar-refractivity contribution < 1.29 is 0 Å². The minimum atomic E-state index is 0.612. The van der Waals surface area contributed by atoms with Gasteiger partial charge in [-0.1, -0.05) is 80.4 Å². The molecule has 0 saturated heterocycles. The van der Waals surface area contributed by atoms with Crippen LogP contribution in [0.15, 0.2) is 36.4 Å². The van der Waals surface area contributed by atoms with Crippen LogP contribution in [0, 0.1) is 36.5 Å². The van der Waals surface area contributed by atoms with Crippen LogP contribution in [0.4, 0.5) is 0 Å². The SMILES string of the molecule is CCCCCC1CCC(/C=C/C#CC2CCC(c3ccc(C)cc3)CC2)CC1. The van der Waals surface area contributed by atoms with E-state index in [2.05, 4.69) is 62.1 Å². The molecule has 0 heterocycles. The third-order valence-electron chi connectivity index (χ3n) is 7.12. The fraction of sp³-hybridized carbons (Fsp3) is 0.643. The van der Waals surface area contributed by atoms with Crippen molar-refractivity contribution >= 4 is 0 Å². The van der Waals surface area contributed by atoms with Crippen molar-refractivity contribution in [3.63, 3.8) is 0 Å². The first-order chi connectivity index (χ1) is 13.7. The Bertz CT molecular complexity index is 638. The molecule has 0 radical (unpaired) electrons. The van der Waals surface area contributed by atoms with E-state index in [9.17, 15) is 0 Å². The lowest BCUT2D eigenvalue weighted by atomic mass is 9.79. The lowest BCUT2D eigenvalue weighted by Gasteiger charge is -2.26. The Morgan fingerprint density at radius 2 is 1.61 bits per heavy atom. The molecule has 28 heavy (non-hydrogen) atoms. The number of aryl methyl sites for hydroxylation is 1. The van der Waals surface area contributed by atoms with Gasteiger partial charge in [0.2, 0.25) is 0 Å². The first-order valence-corrected chi connectivity index (χ1v) is 12.0. The predicted molar refractivity (Wildman–Crippen MR) is 122 cm³/mol. The third kappa shape index (κ3) is 6.84. The van der Waals surface area contributed by atoms with Gasteiger partial charge in [-0.05, 0) is 87.7 Å². The van der Waals surface area contributed by atoms with Crippen LogP contribution in [0.25, 0.3) is 0 Å². The monoisotopic (exact) mass is 376 g/mol. The van der Waals surface area contributed by atoms with Gasteiger partial charge < -0.3 is 0 Å². The Morgan fingerprint density at radius 3 is 2.29 bits per heavy atom. The first-order valence-electron chi connectivity index (χ1n) is 12.0. The number of benzene rings is 1. The van der Waals surface area contributed by atoms with E-state index < -0.39 is 0 Å². The summed E-state index contributed by atoms with van der Waals surface area (Å²) in [6.07, 6.45) is 21.0. The summed E-state index contributed by atoms with van der Waals surface area (Å²) >= 11 is 0. The summed E-state index contributed by atoms with van der Waals surface area (Å²) in [5.41, 5.74) is 2.89. The topological polar surface area (TPSA) is 0 Å². The quantitative estimate of drug-likeness (QED) is 0.346. The number of hydrogen-bond acceptors (Lipinski definition) is 0. The first kappa shape index (κ1) is 21.2. The summed E-state index contributed by atoms with van der Waals surface area (Å²) in [5, 5.41) is 0. The summed E-state index contributed by atoms with van der Waals surface area (Å²) in [4.78, 5) is 0. The molecule has 152 valence electrons. The maximum absolute atomic E-state index is 3.55. The van der Waals surface area contributed by atoms with E-state index in [4.69, 9.17) is 0 Å². The average molecular weight is 377 g/mol. The van der Waals surface area contributed by atoms with E-state index in [0.29, 0.717) is 5.92 Å². The van der Waals surface area contributed by atoms with Crippen LogP contribution in [0.3, 0.4) is 0 Å². The van der Waals surface area contributed by atoms with Crippen LogP contribution in [-0.4, -0.2) is 0 Å². The van der Waals surface area contributed by atoms with Gasteiger partial charge >= 0.3 is 0 Å². The van der Waals surface area contributed by atoms with E-state index >= 15 is 0 Å². The Kier molecular flexibility index (Phi) is 8.72. The van der Waals surface area contributed by atoms with Gasteiger partial charge in [-0.25, -0.2) is 0 Å². The maximum Gasteiger partial charge on any atom is 0.0206 e. The molecule has 0 unspecified atom stereocenters. The molecule has 0 bridgehead atoms. The molecular weight excluding hydrogens is 336 g/mol. The molecule has 1 aromatic carbocycles. The molecule has 2 saturated carbocycles. The number of hydrogen-bond donors (Lipinski definition) is 0. The van der Waals surface area contributed by atoms with Crippen molar-refractivity contribution in [2.75, 3.05) is 0 Å². The molecule has 0 nitrogen and oxygen atoms in total. The van der Waals surface area contributed by atoms with Gasteiger partial charge in [0.25, 0.3) is 0 Å². The van der Waals surface area contributed by atoms with E-state index in [-0.39, 0.29) is 0 Å². The summed E-state index contributed by atoms with van der Waals surface area (Å²) < 4.78 is 0. The minimum absolute atomic E-state index is 0.612. The van der Waals surface area contributed by atoms with Crippen LogP contribution in [0.1, 0.15) is 101 Å². The Morgan fingerprint density at radius 1 is 0.893 bits per heavy atom. The highest BCUT2D eigenvalue weighted by atomic mass is 14.3. The average Bonchev–Trinajstić information content (AvgIpc) is 2.73.